The Labute approximate surface area is 119 Å². The summed E-state index contributed by atoms with van der Waals surface area (Å²) in [5.41, 5.74) is 0.964. The van der Waals surface area contributed by atoms with E-state index < -0.39 is 5.97 Å². The van der Waals surface area contributed by atoms with Crippen LogP contribution in [0.2, 0.25) is 5.02 Å². The van der Waals surface area contributed by atoms with E-state index in [1.165, 1.54) is 11.3 Å². The lowest BCUT2D eigenvalue weighted by molar-refractivity contribution is 0.0521. The van der Waals surface area contributed by atoms with Crippen molar-refractivity contribution in [3.63, 3.8) is 0 Å². The molecule has 0 amide bonds. The first-order chi connectivity index (χ1) is 9.25. The van der Waals surface area contributed by atoms with Crippen LogP contribution in [-0.2, 0) is 4.84 Å². The molecular weight excluding hydrogens is 282 g/mol. The zero-order valence-electron chi connectivity index (χ0n) is 10.2. The van der Waals surface area contributed by atoms with Crippen LogP contribution in [0.5, 0.6) is 0 Å². The smallest absolute Gasteiger partial charge is 0.312 e. The molecule has 0 N–H and O–H groups in total. The van der Waals surface area contributed by atoms with E-state index in [1.54, 1.807) is 0 Å². The minimum atomic E-state index is -0.467. The predicted octanol–water partition coefficient (Wildman–Crippen LogP) is 4.64. The summed E-state index contributed by atoms with van der Waals surface area (Å²) in [7, 11) is 0. The topological polar surface area (TPSA) is 38.7 Å². The number of thiophene rings is 1. The lowest BCUT2D eigenvalue weighted by Gasteiger charge is -1.97. The first kappa shape index (κ1) is 12.6. The molecule has 3 nitrogen and oxygen atoms in total. The van der Waals surface area contributed by atoms with Crippen LogP contribution in [0.25, 0.3) is 10.1 Å². The van der Waals surface area contributed by atoms with Crippen LogP contribution < -0.4 is 0 Å². The van der Waals surface area contributed by atoms with Gasteiger partial charge in [0.25, 0.3) is 0 Å². The first-order valence-electron chi connectivity index (χ1n) is 6.20. The van der Waals surface area contributed by atoms with E-state index in [2.05, 4.69) is 5.16 Å². The highest BCUT2D eigenvalue weighted by atomic mass is 35.5. The average Bonchev–Trinajstić information content (AvgIpc) is 3.05. The Hall–Kier alpha value is -1.39. The zero-order valence-corrected chi connectivity index (χ0v) is 11.8. The maximum atomic E-state index is 12.0. The van der Waals surface area contributed by atoms with Crippen molar-refractivity contribution in [1.29, 1.82) is 0 Å². The molecule has 1 heterocycles. The van der Waals surface area contributed by atoms with Crippen LogP contribution in [0, 0.1) is 0 Å². The quantitative estimate of drug-likeness (QED) is 0.597. The summed E-state index contributed by atoms with van der Waals surface area (Å²) in [5, 5.41) is 5.27. The molecule has 0 atom stereocenters. The van der Waals surface area contributed by atoms with Gasteiger partial charge in [-0.25, -0.2) is 4.79 Å². The molecule has 1 aliphatic carbocycles. The Bertz CT molecular complexity index is 655. The van der Waals surface area contributed by atoms with Crippen molar-refractivity contribution >= 4 is 44.7 Å². The monoisotopic (exact) mass is 293 g/mol. The average molecular weight is 294 g/mol. The molecule has 0 spiro atoms. The minimum Gasteiger partial charge on any atom is -0.312 e. The second kappa shape index (κ2) is 5.31. The number of rotatable bonds is 2. The van der Waals surface area contributed by atoms with Crippen molar-refractivity contribution in [2.75, 3.05) is 0 Å². The maximum absolute atomic E-state index is 12.0. The van der Waals surface area contributed by atoms with Gasteiger partial charge in [0.1, 0.15) is 4.88 Å². The molecule has 1 aromatic heterocycles. The molecule has 1 fully saturated rings. The van der Waals surface area contributed by atoms with Gasteiger partial charge in [0.05, 0.1) is 10.7 Å². The van der Waals surface area contributed by atoms with Crippen LogP contribution >= 0.6 is 22.9 Å². The van der Waals surface area contributed by atoms with Crippen LogP contribution in [0.3, 0.4) is 0 Å². The van der Waals surface area contributed by atoms with E-state index in [0.29, 0.717) is 9.90 Å². The van der Waals surface area contributed by atoms with Gasteiger partial charge in [0.15, 0.2) is 0 Å². The van der Waals surface area contributed by atoms with E-state index in [4.69, 9.17) is 16.4 Å². The number of hydrogen-bond donors (Lipinski definition) is 0. The van der Waals surface area contributed by atoms with Gasteiger partial charge in [0, 0.05) is 10.1 Å². The fourth-order valence-electron chi connectivity index (χ4n) is 2.17. The summed E-state index contributed by atoms with van der Waals surface area (Å²) < 4.78 is 0.980. The number of carbonyl (C=O) groups is 1. The van der Waals surface area contributed by atoms with Crippen LogP contribution in [-0.4, -0.2) is 11.7 Å². The lowest BCUT2D eigenvalue weighted by Crippen LogP contribution is -2.01. The van der Waals surface area contributed by atoms with Crippen molar-refractivity contribution in [3.05, 3.63) is 34.2 Å². The molecule has 19 heavy (non-hydrogen) atoms. The molecule has 98 valence electrons. The van der Waals surface area contributed by atoms with Crippen molar-refractivity contribution in [1.82, 2.24) is 0 Å². The first-order valence-corrected chi connectivity index (χ1v) is 7.39. The third-order valence-electron chi connectivity index (χ3n) is 3.16. The summed E-state index contributed by atoms with van der Waals surface area (Å²) in [6.45, 7) is 0. The number of halogens is 1. The van der Waals surface area contributed by atoms with Gasteiger partial charge in [-0.3, -0.25) is 0 Å². The van der Waals surface area contributed by atoms with Crippen molar-refractivity contribution in [3.8, 4) is 0 Å². The van der Waals surface area contributed by atoms with Gasteiger partial charge < -0.3 is 4.84 Å². The molecule has 0 aliphatic heterocycles. The fourth-order valence-corrected chi connectivity index (χ4v) is 3.55. The standard InChI is InChI=1S/C14H12ClNO2S/c15-12-10-7-3-4-8-11(10)19-13(12)14(17)18-16-9-5-1-2-6-9/h3-4,7-8H,1-2,5-6H2. The zero-order chi connectivity index (χ0) is 13.2. The molecule has 1 aromatic carbocycles. The molecule has 0 unspecified atom stereocenters. The Morgan fingerprint density at radius 3 is 2.74 bits per heavy atom. The second-order valence-electron chi connectivity index (χ2n) is 4.48. The van der Waals surface area contributed by atoms with Crippen molar-refractivity contribution < 1.29 is 9.63 Å². The number of nitrogens with zero attached hydrogens (tertiary/aromatic N) is 1. The Kier molecular flexibility index (Phi) is 3.53. The number of carbonyl (C=O) groups excluding carboxylic acids is 1. The molecule has 2 aromatic rings. The maximum Gasteiger partial charge on any atom is 0.377 e. The number of fused-ring (bicyclic) bond motifs is 1. The summed E-state index contributed by atoms with van der Waals surface area (Å²) in [6.07, 6.45) is 4.10. The van der Waals surface area contributed by atoms with Crippen LogP contribution in [0.4, 0.5) is 0 Å². The largest absolute Gasteiger partial charge is 0.377 e. The van der Waals surface area contributed by atoms with Gasteiger partial charge in [-0.15, -0.1) is 11.3 Å². The number of oxime groups is 1. The third-order valence-corrected chi connectivity index (χ3v) is 4.81. The van der Waals surface area contributed by atoms with Gasteiger partial charge in [-0.2, -0.15) is 0 Å². The van der Waals surface area contributed by atoms with E-state index in [0.717, 1.165) is 41.5 Å². The fraction of sp³-hybridized carbons (Fsp3) is 0.286. The lowest BCUT2D eigenvalue weighted by atomic mass is 10.2. The Balaban J connectivity index is 1.85. The second-order valence-corrected chi connectivity index (χ2v) is 5.91. The summed E-state index contributed by atoms with van der Waals surface area (Å²) in [5.74, 6) is -0.467. The SMILES string of the molecule is O=C(ON=C1CCCC1)c1sc2ccccc2c1Cl. The molecular formula is C14H12ClNO2S. The van der Waals surface area contributed by atoms with Crippen molar-refractivity contribution in [2.24, 2.45) is 5.16 Å². The van der Waals surface area contributed by atoms with Gasteiger partial charge in [0.2, 0.25) is 0 Å². The number of benzene rings is 1. The summed E-state index contributed by atoms with van der Waals surface area (Å²) in [4.78, 5) is 17.4. The summed E-state index contributed by atoms with van der Waals surface area (Å²) in [6, 6.07) is 7.65. The number of hydrogen-bond acceptors (Lipinski definition) is 4. The minimum absolute atomic E-state index is 0.421. The van der Waals surface area contributed by atoms with Gasteiger partial charge >= 0.3 is 5.97 Å². The molecule has 0 radical (unpaired) electrons. The normalized spacial score (nSPS) is 14.9. The highest BCUT2D eigenvalue weighted by molar-refractivity contribution is 7.21. The third kappa shape index (κ3) is 2.51. The van der Waals surface area contributed by atoms with Crippen molar-refractivity contribution in [2.45, 2.75) is 25.7 Å². The van der Waals surface area contributed by atoms with Gasteiger partial charge in [-0.05, 0) is 31.7 Å². The summed E-state index contributed by atoms with van der Waals surface area (Å²) >= 11 is 7.55. The van der Waals surface area contributed by atoms with E-state index in [-0.39, 0.29) is 0 Å². The Morgan fingerprint density at radius 1 is 1.26 bits per heavy atom. The predicted molar refractivity (Wildman–Crippen MR) is 78.2 cm³/mol. The van der Waals surface area contributed by atoms with Crippen LogP contribution in [0.1, 0.15) is 35.4 Å². The Morgan fingerprint density at radius 2 is 2.00 bits per heavy atom. The van der Waals surface area contributed by atoms with E-state index >= 15 is 0 Å². The highest BCUT2D eigenvalue weighted by Crippen LogP contribution is 2.35. The van der Waals surface area contributed by atoms with Crippen LogP contribution in [0.15, 0.2) is 29.4 Å². The van der Waals surface area contributed by atoms with E-state index in [9.17, 15) is 4.79 Å². The molecule has 1 saturated carbocycles. The molecule has 0 bridgehead atoms. The molecule has 3 rings (SSSR count). The van der Waals surface area contributed by atoms with E-state index in [1.807, 2.05) is 24.3 Å². The highest BCUT2D eigenvalue weighted by Gasteiger charge is 2.19. The molecule has 1 aliphatic rings. The molecule has 0 saturated heterocycles. The molecule has 5 heteroatoms. The van der Waals surface area contributed by atoms with Gasteiger partial charge in [-0.1, -0.05) is 35.0 Å².